The Morgan fingerprint density at radius 2 is 2.24 bits per heavy atom. The molecule has 8 nitrogen and oxygen atoms in total. The summed E-state index contributed by atoms with van der Waals surface area (Å²) in [5, 5.41) is 14.7. The van der Waals surface area contributed by atoms with Gasteiger partial charge in [-0.05, 0) is 18.2 Å². The molecule has 0 radical (unpaired) electrons. The van der Waals surface area contributed by atoms with Crippen molar-refractivity contribution in [1.29, 1.82) is 0 Å². The highest BCUT2D eigenvalue weighted by Gasteiger charge is 2.53. The van der Waals surface area contributed by atoms with Crippen LogP contribution in [0.2, 0.25) is 0 Å². The number of pyridine rings is 1. The maximum Gasteiger partial charge on any atom is 0.237 e. The number of nitro groups is 1. The van der Waals surface area contributed by atoms with E-state index in [9.17, 15) is 10.1 Å². The molecule has 2 heterocycles. The average molecular weight is 338 g/mol. The molecule has 1 aliphatic carbocycles. The molecule has 1 fully saturated rings. The predicted octanol–water partition coefficient (Wildman–Crippen LogP) is 2.84. The van der Waals surface area contributed by atoms with Gasteiger partial charge in [0.15, 0.2) is 0 Å². The maximum absolute atomic E-state index is 10.8. The molecule has 0 spiro atoms. The van der Waals surface area contributed by atoms with Crippen molar-refractivity contribution in [3.8, 4) is 17.1 Å². The van der Waals surface area contributed by atoms with Crippen LogP contribution in [0.5, 0.6) is 5.75 Å². The number of ether oxygens (including phenoxy) is 1. The lowest BCUT2D eigenvalue weighted by Gasteiger charge is -2.06. The Balaban J connectivity index is 1.46. The van der Waals surface area contributed by atoms with Gasteiger partial charge in [-0.3, -0.25) is 15.1 Å². The minimum Gasteiger partial charge on any atom is -0.489 e. The molecule has 2 aromatic heterocycles. The quantitative estimate of drug-likeness (QED) is 0.502. The highest BCUT2D eigenvalue weighted by molar-refractivity contribution is 5.57. The minimum absolute atomic E-state index is 0.277. The summed E-state index contributed by atoms with van der Waals surface area (Å²) in [6, 6.07) is 10.5. The highest BCUT2D eigenvalue weighted by atomic mass is 16.6. The van der Waals surface area contributed by atoms with Crippen LogP contribution in [0.3, 0.4) is 0 Å². The second kappa shape index (κ2) is 6.31. The van der Waals surface area contributed by atoms with Crippen LogP contribution in [-0.2, 0) is 6.61 Å². The lowest BCUT2D eigenvalue weighted by Crippen LogP contribution is -2.02. The molecule has 1 aliphatic rings. The van der Waals surface area contributed by atoms with Crippen LogP contribution in [0.15, 0.2) is 53.3 Å². The van der Waals surface area contributed by atoms with Gasteiger partial charge in [-0.2, -0.15) is 4.98 Å². The van der Waals surface area contributed by atoms with Crippen LogP contribution in [0.25, 0.3) is 11.4 Å². The van der Waals surface area contributed by atoms with Crippen molar-refractivity contribution >= 4 is 0 Å². The molecule has 1 saturated carbocycles. The molecule has 0 unspecified atom stereocenters. The zero-order valence-corrected chi connectivity index (χ0v) is 13.1. The van der Waals surface area contributed by atoms with E-state index in [1.165, 1.54) is 0 Å². The topological polar surface area (TPSA) is 104 Å². The minimum atomic E-state index is -0.609. The summed E-state index contributed by atoms with van der Waals surface area (Å²) < 4.78 is 10.9. The third kappa shape index (κ3) is 3.32. The first-order valence-corrected chi connectivity index (χ1v) is 7.80. The van der Waals surface area contributed by atoms with E-state index in [0.717, 1.165) is 11.1 Å². The van der Waals surface area contributed by atoms with Gasteiger partial charge in [0.1, 0.15) is 18.3 Å². The summed E-state index contributed by atoms with van der Waals surface area (Å²) in [5.74, 6) is 1.11. The van der Waals surface area contributed by atoms with Crippen molar-refractivity contribution in [3.63, 3.8) is 0 Å². The fourth-order valence-electron chi connectivity index (χ4n) is 2.56. The van der Waals surface area contributed by atoms with E-state index in [1.807, 2.05) is 36.4 Å². The van der Waals surface area contributed by atoms with Crippen molar-refractivity contribution in [2.75, 3.05) is 0 Å². The van der Waals surface area contributed by atoms with Gasteiger partial charge in [-0.15, -0.1) is 0 Å². The molecule has 126 valence electrons. The van der Waals surface area contributed by atoms with Crippen molar-refractivity contribution in [1.82, 2.24) is 15.1 Å². The third-order valence-electron chi connectivity index (χ3n) is 4.01. The van der Waals surface area contributed by atoms with Gasteiger partial charge in [0.05, 0.1) is 0 Å². The number of nitrogens with zero attached hydrogens (tertiary/aromatic N) is 4. The molecule has 2 atom stereocenters. The lowest BCUT2D eigenvalue weighted by atomic mass is 10.2. The standard InChI is InChI=1S/C17H14N4O4/c22-21(23)15-8-14(15)17-19-16(20-25-17)12-4-1-5-13(7-12)24-10-11-3-2-6-18-9-11/h1-7,9,14-15H,8,10H2/t14-,15-/m1/s1. The van der Waals surface area contributed by atoms with E-state index in [2.05, 4.69) is 15.1 Å². The number of benzene rings is 1. The summed E-state index contributed by atoms with van der Waals surface area (Å²) in [5.41, 5.74) is 1.70. The largest absolute Gasteiger partial charge is 0.489 e. The molecule has 0 bridgehead atoms. The van der Waals surface area contributed by atoms with Crippen molar-refractivity contribution in [2.45, 2.75) is 25.0 Å². The van der Waals surface area contributed by atoms with Gasteiger partial charge < -0.3 is 9.26 Å². The Morgan fingerprint density at radius 1 is 1.32 bits per heavy atom. The number of hydrogen-bond acceptors (Lipinski definition) is 7. The first-order valence-electron chi connectivity index (χ1n) is 7.80. The van der Waals surface area contributed by atoms with Crippen LogP contribution in [0.4, 0.5) is 0 Å². The molecule has 3 aromatic rings. The van der Waals surface area contributed by atoms with Crippen LogP contribution in [0, 0.1) is 10.1 Å². The van der Waals surface area contributed by atoms with E-state index in [0.29, 0.717) is 30.5 Å². The van der Waals surface area contributed by atoms with Gasteiger partial charge >= 0.3 is 0 Å². The Labute approximate surface area is 142 Å². The smallest absolute Gasteiger partial charge is 0.237 e. The van der Waals surface area contributed by atoms with E-state index in [4.69, 9.17) is 9.26 Å². The number of hydrogen-bond donors (Lipinski definition) is 0. The van der Waals surface area contributed by atoms with E-state index >= 15 is 0 Å². The van der Waals surface area contributed by atoms with Gasteiger partial charge in [-0.1, -0.05) is 23.4 Å². The highest BCUT2D eigenvalue weighted by Crippen LogP contribution is 2.42. The first-order chi connectivity index (χ1) is 12.2. The summed E-state index contributed by atoms with van der Waals surface area (Å²) in [6.07, 6.45) is 3.90. The average Bonchev–Trinajstić information content (AvgIpc) is 3.31. The Morgan fingerprint density at radius 3 is 3.00 bits per heavy atom. The molecular formula is C17H14N4O4. The van der Waals surface area contributed by atoms with Crippen LogP contribution in [0.1, 0.15) is 23.8 Å². The summed E-state index contributed by atoms with van der Waals surface area (Å²) in [7, 11) is 0. The fraction of sp³-hybridized carbons (Fsp3) is 0.235. The van der Waals surface area contributed by atoms with E-state index in [1.54, 1.807) is 12.4 Å². The molecule has 1 aromatic carbocycles. The fourth-order valence-corrected chi connectivity index (χ4v) is 2.56. The molecule has 4 rings (SSSR count). The van der Waals surface area contributed by atoms with Gasteiger partial charge in [0, 0.05) is 34.9 Å². The van der Waals surface area contributed by atoms with Crippen LogP contribution < -0.4 is 4.74 Å². The molecular weight excluding hydrogens is 324 g/mol. The molecule has 0 saturated heterocycles. The summed E-state index contributed by atoms with van der Waals surface area (Å²) in [4.78, 5) is 18.8. The van der Waals surface area contributed by atoms with Gasteiger partial charge in [0.25, 0.3) is 0 Å². The molecule has 0 N–H and O–H groups in total. The summed E-state index contributed by atoms with van der Waals surface area (Å²) >= 11 is 0. The number of rotatable bonds is 6. The zero-order valence-electron chi connectivity index (χ0n) is 13.1. The zero-order chi connectivity index (χ0) is 17.2. The van der Waals surface area contributed by atoms with E-state index in [-0.39, 0.29) is 10.8 Å². The Bertz CT molecular complexity index is 896. The van der Waals surface area contributed by atoms with Gasteiger partial charge in [-0.25, -0.2) is 0 Å². The Kier molecular flexibility index (Phi) is 3.85. The SMILES string of the molecule is O=[N+]([O-])[C@@H]1C[C@H]1c1nc(-c2cccc(OCc3cccnc3)c2)no1. The van der Waals surface area contributed by atoms with Crippen molar-refractivity contribution in [3.05, 3.63) is 70.4 Å². The van der Waals surface area contributed by atoms with Crippen LogP contribution >= 0.6 is 0 Å². The van der Waals surface area contributed by atoms with Crippen molar-refractivity contribution < 1.29 is 14.2 Å². The number of aromatic nitrogens is 3. The molecule has 25 heavy (non-hydrogen) atoms. The second-order valence-corrected chi connectivity index (χ2v) is 5.83. The Hall–Kier alpha value is -3.29. The summed E-state index contributed by atoms with van der Waals surface area (Å²) in [6.45, 7) is 0.404. The molecule has 0 aliphatic heterocycles. The lowest BCUT2D eigenvalue weighted by molar-refractivity contribution is -0.496. The molecule has 8 heteroatoms. The maximum atomic E-state index is 10.8. The third-order valence-corrected chi connectivity index (χ3v) is 4.01. The van der Waals surface area contributed by atoms with E-state index < -0.39 is 6.04 Å². The second-order valence-electron chi connectivity index (χ2n) is 5.83. The first kappa shape index (κ1) is 15.3. The van der Waals surface area contributed by atoms with Gasteiger partial charge in [0.2, 0.25) is 17.8 Å². The normalized spacial score (nSPS) is 18.7. The van der Waals surface area contributed by atoms with Crippen molar-refractivity contribution in [2.24, 2.45) is 0 Å². The molecule has 0 amide bonds. The van der Waals surface area contributed by atoms with Crippen LogP contribution in [-0.4, -0.2) is 26.1 Å². The monoisotopic (exact) mass is 338 g/mol. The predicted molar refractivity (Wildman–Crippen MR) is 86.4 cm³/mol.